The highest BCUT2D eigenvalue weighted by Gasteiger charge is 2.38. The predicted molar refractivity (Wildman–Crippen MR) is 78.7 cm³/mol. The van der Waals surface area contributed by atoms with Crippen molar-refractivity contribution in [2.45, 2.75) is 32.4 Å². The third-order valence-electron chi connectivity index (χ3n) is 3.42. The first-order valence-electron chi connectivity index (χ1n) is 6.65. The zero-order valence-corrected chi connectivity index (χ0v) is 12.6. The molecule has 1 aromatic carbocycles. The van der Waals surface area contributed by atoms with E-state index in [0.29, 0.717) is 18.5 Å². The molecule has 7 nitrogen and oxygen atoms in total. The van der Waals surface area contributed by atoms with Crippen LogP contribution >= 0.6 is 0 Å². The quantitative estimate of drug-likeness (QED) is 0.684. The number of rotatable bonds is 5. The van der Waals surface area contributed by atoms with E-state index in [4.69, 9.17) is 10.8 Å². The minimum atomic E-state index is -3.82. The summed E-state index contributed by atoms with van der Waals surface area (Å²) < 4.78 is 27.9. The zero-order valence-electron chi connectivity index (χ0n) is 11.7. The number of benzene rings is 1. The number of anilines is 1. The van der Waals surface area contributed by atoms with Gasteiger partial charge in [0.2, 0.25) is 0 Å². The van der Waals surface area contributed by atoms with Crippen LogP contribution < -0.4 is 10.5 Å². The molecule has 0 unspecified atom stereocenters. The number of carbonyl (C=O) groups is 1. The van der Waals surface area contributed by atoms with Crippen molar-refractivity contribution < 1.29 is 18.3 Å². The molecule has 0 radical (unpaired) electrons. The number of carboxylic acids is 1. The monoisotopic (exact) mass is 313 g/mol. The summed E-state index contributed by atoms with van der Waals surface area (Å²) in [5, 5.41) is 9.05. The van der Waals surface area contributed by atoms with Gasteiger partial charge in [-0.3, -0.25) is 4.79 Å². The summed E-state index contributed by atoms with van der Waals surface area (Å²) in [5.74, 6) is -1.11. The fraction of sp³-hybridized carbons (Fsp3) is 0.462. The highest BCUT2D eigenvalue weighted by atomic mass is 32.2. The molecule has 0 amide bonds. The van der Waals surface area contributed by atoms with E-state index in [1.807, 2.05) is 13.0 Å². The second-order valence-electron chi connectivity index (χ2n) is 5.19. The van der Waals surface area contributed by atoms with Crippen LogP contribution in [0, 0.1) is 6.92 Å². The fourth-order valence-corrected chi connectivity index (χ4v) is 3.94. The Labute approximate surface area is 123 Å². The molecule has 2 rings (SSSR count). The number of nitrogens with zero attached hydrogens (tertiary/aromatic N) is 1. The smallest absolute Gasteiger partial charge is 0.322 e. The Balaban J connectivity index is 2.09. The van der Waals surface area contributed by atoms with Gasteiger partial charge in [-0.05, 0) is 43.0 Å². The van der Waals surface area contributed by atoms with Crippen LogP contribution in [0.15, 0.2) is 18.2 Å². The lowest BCUT2D eigenvalue weighted by molar-refractivity contribution is -0.140. The van der Waals surface area contributed by atoms with Gasteiger partial charge in [-0.25, -0.2) is 0 Å². The van der Waals surface area contributed by atoms with Crippen molar-refractivity contribution in [3.8, 4) is 0 Å². The summed E-state index contributed by atoms with van der Waals surface area (Å²) in [6.07, 6.45) is 0.892. The molecule has 0 saturated carbocycles. The molecule has 116 valence electrons. The van der Waals surface area contributed by atoms with Gasteiger partial charge >= 0.3 is 5.97 Å². The maximum atomic E-state index is 12.2. The van der Waals surface area contributed by atoms with Crippen LogP contribution in [0.3, 0.4) is 0 Å². The Hall–Kier alpha value is -1.64. The second-order valence-corrected chi connectivity index (χ2v) is 6.89. The van der Waals surface area contributed by atoms with Gasteiger partial charge in [0.15, 0.2) is 0 Å². The Morgan fingerprint density at radius 3 is 2.81 bits per heavy atom. The summed E-state index contributed by atoms with van der Waals surface area (Å²) in [4.78, 5) is 11.1. The highest BCUT2D eigenvalue weighted by molar-refractivity contribution is 7.87. The molecule has 1 heterocycles. The molecule has 1 atom stereocenters. The SMILES string of the molecule is Cc1cc(N)cc(CNS(=O)(=O)N2CCC[C@H]2C(=O)O)c1. The number of nitrogen functional groups attached to an aromatic ring is 1. The maximum absolute atomic E-state index is 12.2. The van der Waals surface area contributed by atoms with Gasteiger partial charge in [-0.2, -0.15) is 17.4 Å². The standard InChI is InChI=1S/C13H19N3O4S/c1-9-5-10(7-11(14)6-9)8-15-21(19,20)16-4-2-3-12(16)13(17)18/h5-7,12,15H,2-4,8,14H2,1H3,(H,17,18)/t12-/m0/s1. The van der Waals surface area contributed by atoms with E-state index in [9.17, 15) is 13.2 Å². The molecule has 0 aliphatic carbocycles. The number of carboxylic acid groups (broad SMARTS) is 1. The normalized spacial score (nSPS) is 19.8. The lowest BCUT2D eigenvalue weighted by atomic mass is 10.1. The van der Waals surface area contributed by atoms with Crippen molar-refractivity contribution in [1.82, 2.24) is 9.03 Å². The first-order chi connectivity index (χ1) is 9.79. The van der Waals surface area contributed by atoms with Crippen LogP contribution in [0.1, 0.15) is 24.0 Å². The topological polar surface area (TPSA) is 113 Å². The van der Waals surface area contributed by atoms with Crippen molar-refractivity contribution in [2.75, 3.05) is 12.3 Å². The van der Waals surface area contributed by atoms with E-state index in [0.717, 1.165) is 15.4 Å². The summed E-state index contributed by atoms with van der Waals surface area (Å²) in [7, 11) is -3.82. The molecular weight excluding hydrogens is 294 g/mol. The van der Waals surface area contributed by atoms with Gasteiger partial charge in [0, 0.05) is 18.8 Å². The van der Waals surface area contributed by atoms with E-state index < -0.39 is 22.2 Å². The van der Waals surface area contributed by atoms with E-state index >= 15 is 0 Å². The van der Waals surface area contributed by atoms with Crippen LogP contribution in [0.5, 0.6) is 0 Å². The van der Waals surface area contributed by atoms with E-state index in [1.54, 1.807) is 12.1 Å². The maximum Gasteiger partial charge on any atom is 0.322 e. The number of aryl methyl sites for hydroxylation is 1. The van der Waals surface area contributed by atoms with Gasteiger partial charge < -0.3 is 10.8 Å². The second kappa shape index (κ2) is 6.00. The van der Waals surface area contributed by atoms with Crippen LogP contribution in [-0.4, -0.2) is 36.4 Å². The number of hydrogen-bond donors (Lipinski definition) is 3. The van der Waals surface area contributed by atoms with Crippen molar-refractivity contribution in [3.63, 3.8) is 0 Å². The van der Waals surface area contributed by atoms with Gasteiger partial charge in [-0.1, -0.05) is 6.07 Å². The van der Waals surface area contributed by atoms with Crippen molar-refractivity contribution in [1.29, 1.82) is 0 Å². The van der Waals surface area contributed by atoms with E-state index in [2.05, 4.69) is 4.72 Å². The summed E-state index contributed by atoms with van der Waals surface area (Å²) in [5.41, 5.74) is 7.96. The van der Waals surface area contributed by atoms with Crippen molar-refractivity contribution in [2.24, 2.45) is 0 Å². The van der Waals surface area contributed by atoms with Gasteiger partial charge in [0.05, 0.1) is 0 Å². The summed E-state index contributed by atoms with van der Waals surface area (Å²) in [6.45, 7) is 2.18. The first-order valence-corrected chi connectivity index (χ1v) is 8.09. The highest BCUT2D eigenvalue weighted by Crippen LogP contribution is 2.21. The van der Waals surface area contributed by atoms with Crippen LogP contribution in [-0.2, 0) is 21.5 Å². The van der Waals surface area contributed by atoms with E-state index in [-0.39, 0.29) is 13.1 Å². The Morgan fingerprint density at radius 1 is 1.48 bits per heavy atom. The largest absolute Gasteiger partial charge is 0.480 e. The third kappa shape index (κ3) is 3.72. The lowest BCUT2D eigenvalue weighted by Gasteiger charge is -2.21. The molecule has 0 aromatic heterocycles. The molecule has 1 aromatic rings. The average Bonchev–Trinajstić information content (AvgIpc) is 2.85. The molecule has 1 fully saturated rings. The predicted octanol–water partition coefficient (Wildman–Crippen LogP) is 0.461. The molecule has 1 aliphatic rings. The van der Waals surface area contributed by atoms with Gasteiger partial charge in [0.1, 0.15) is 6.04 Å². The average molecular weight is 313 g/mol. The van der Waals surface area contributed by atoms with Crippen LogP contribution in [0.4, 0.5) is 5.69 Å². The lowest BCUT2D eigenvalue weighted by Crippen LogP contribution is -2.46. The van der Waals surface area contributed by atoms with Crippen LogP contribution in [0.25, 0.3) is 0 Å². The minimum absolute atomic E-state index is 0.0804. The number of hydrogen-bond acceptors (Lipinski definition) is 4. The number of aliphatic carboxylic acids is 1. The number of nitrogens with one attached hydrogen (secondary N) is 1. The number of nitrogens with two attached hydrogens (primary N) is 1. The minimum Gasteiger partial charge on any atom is -0.480 e. The molecular formula is C13H19N3O4S. The Bertz CT molecular complexity index is 625. The van der Waals surface area contributed by atoms with E-state index in [1.165, 1.54) is 0 Å². The van der Waals surface area contributed by atoms with Gasteiger partial charge in [0.25, 0.3) is 10.2 Å². The molecule has 8 heteroatoms. The van der Waals surface area contributed by atoms with Crippen molar-refractivity contribution in [3.05, 3.63) is 29.3 Å². The third-order valence-corrected chi connectivity index (χ3v) is 4.98. The molecule has 0 bridgehead atoms. The molecule has 0 spiro atoms. The summed E-state index contributed by atoms with van der Waals surface area (Å²) >= 11 is 0. The molecule has 21 heavy (non-hydrogen) atoms. The molecule has 1 aliphatic heterocycles. The van der Waals surface area contributed by atoms with Gasteiger partial charge in [-0.15, -0.1) is 0 Å². The van der Waals surface area contributed by atoms with Crippen molar-refractivity contribution >= 4 is 21.9 Å². The first kappa shape index (κ1) is 15.7. The zero-order chi connectivity index (χ0) is 15.6. The summed E-state index contributed by atoms with van der Waals surface area (Å²) in [6, 6.07) is 4.33. The molecule has 4 N–H and O–H groups in total. The fourth-order valence-electron chi connectivity index (χ4n) is 2.53. The Kier molecular flexibility index (Phi) is 4.50. The molecule has 1 saturated heterocycles. The van der Waals surface area contributed by atoms with Crippen LogP contribution in [0.2, 0.25) is 0 Å². The Morgan fingerprint density at radius 2 is 2.19 bits per heavy atom.